The largest absolute Gasteiger partial charge is 0.464 e. The summed E-state index contributed by atoms with van der Waals surface area (Å²) in [7, 11) is 0. The van der Waals surface area contributed by atoms with Crippen LogP contribution in [-0.4, -0.2) is 18.5 Å². The van der Waals surface area contributed by atoms with Crippen molar-refractivity contribution in [2.24, 2.45) is 0 Å². The number of hydrogen-bond acceptors (Lipinski definition) is 5. The van der Waals surface area contributed by atoms with Gasteiger partial charge < -0.3 is 14.8 Å². The van der Waals surface area contributed by atoms with E-state index < -0.39 is 5.97 Å². The lowest BCUT2D eigenvalue weighted by Gasteiger charge is -2.09. The van der Waals surface area contributed by atoms with Crippen LogP contribution in [0, 0.1) is 0 Å². The molecule has 0 fully saturated rings. The minimum absolute atomic E-state index is 0.226. The number of thiophene rings is 1. The third-order valence-corrected chi connectivity index (χ3v) is 5.74. The van der Waals surface area contributed by atoms with Gasteiger partial charge in [-0.25, -0.2) is 4.79 Å². The smallest absolute Gasteiger partial charge is 0.341 e. The fourth-order valence-corrected chi connectivity index (χ4v) is 4.20. The first kappa shape index (κ1) is 20.9. The van der Waals surface area contributed by atoms with E-state index in [1.165, 1.54) is 17.6 Å². The number of amides is 1. The highest BCUT2D eigenvalue weighted by atomic mass is 35.5. The van der Waals surface area contributed by atoms with Crippen LogP contribution >= 0.6 is 22.9 Å². The van der Waals surface area contributed by atoms with Crippen LogP contribution in [-0.2, 0) is 9.53 Å². The predicted molar refractivity (Wildman–Crippen MR) is 124 cm³/mol. The van der Waals surface area contributed by atoms with Crippen LogP contribution in [0.15, 0.2) is 71.8 Å². The molecule has 0 unspecified atom stereocenters. The monoisotopic (exact) mass is 451 g/mol. The third-order valence-electron chi connectivity index (χ3n) is 4.59. The van der Waals surface area contributed by atoms with Gasteiger partial charge in [0.15, 0.2) is 0 Å². The average Bonchev–Trinajstić information content (AvgIpc) is 3.05. The molecule has 1 N–H and O–H groups in total. The van der Waals surface area contributed by atoms with Crippen molar-refractivity contribution < 1.29 is 19.1 Å². The van der Waals surface area contributed by atoms with Gasteiger partial charge in [0.25, 0.3) is 5.91 Å². The van der Waals surface area contributed by atoms with Gasteiger partial charge in [0.05, 0.1) is 12.9 Å². The number of hydrogen-bond donors (Lipinski definition) is 1. The number of nitrogens with one attached hydrogen (secondary N) is 1. The highest BCUT2D eigenvalue weighted by Crippen LogP contribution is 2.37. The lowest BCUT2D eigenvalue weighted by atomic mass is 10.0. The SMILES string of the molecule is CCOC(=O)c1c(-c2ccc(Cl)cc2)csc1NC(=O)C1=Cc2ccccc2OC=C1. The van der Waals surface area contributed by atoms with Crippen LogP contribution < -0.4 is 10.1 Å². The molecule has 7 heteroatoms. The zero-order valence-corrected chi connectivity index (χ0v) is 18.1. The Morgan fingerprint density at radius 3 is 2.68 bits per heavy atom. The van der Waals surface area contributed by atoms with Crippen LogP contribution in [0.3, 0.4) is 0 Å². The number of rotatable bonds is 5. The Morgan fingerprint density at radius 1 is 1.13 bits per heavy atom. The normalized spacial score (nSPS) is 12.3. The Bertz CT molecular complexity index is 1190. The molecule has 1 aliphatic rings. The molecule has 0 bridgehead atoms. The Balaban J connectivity index is 1.68. The van der Waals surface area contributed by atoms with E-state index in [-0.39, 0.29) is 12.5 Å². The maximum Gasteiger partial charge on any atom is 0.341 e. The zero-order chi connectivity index (χ0) is 21.8. The topological polar surface area (TPSA) is 64.6 Å². The van der Waals surface area contributed by atoms with Crippen molar-refractivity contribution in [3.05, 3.63) is 88.0 Å². The standard InChI is InChI=1S/C24H18ClNO4S/c1-2-29-24(28)21-19(15-7-9-18(25)10-8-15)14-31-23(21)26-22(27)17-11-12-30-20-6-4-3-5-16(20)13-17/h3-14H,2H2,1H3,(H,26,27). The minimum Gasteiger partial charge on any atom is -0.464 e. The first-order valence-corrected chi connectivity index (χ1v) is 10.8. The molecule has 1 aliphatic heterocycles. The molecule has 0 atom stereocenters. The first-order chi connectivity index (χ1) is 15.1. The summed E-state index contributed by atoms with van der Waals surface area (Å²) in [5.74, 6) is -0.190. The second-order valence-electron chi connectivity index (χ2n) is 6.59. The maximum absolute atomic E-state index is 13.0. The summed E-state index contributed by atoms with van der Waals surface area (Å²) in [6.45, 7) is 1.97. The quantitative estimate of drug-likeness (QED) is 0.471. The molecule has 156 valence electrons. The molecule has 3 aromatic rings. The molecule has 0 radical (unpaired) electrons. The second-order valence-corrected chi connectivity index (χ2v) is 7.91. The molecule has 2 aromatic carbocycles. The maximum atomic E-state index is 13.0. The van der Waals surface area contributed by atoms with Crippen molar-refractivity contribution in [3.8, 4) is 16.9 Å². The van der Waals surface area contributed by atoms with E-state index in [0.29, 0.717) is 32.5 Å². The summed E-state index contributed by atoms with van der Waals surface area (Å²) in [6, 6.07) is 14.6. The van der Waals surface area contributed by atoms with Crippen molar-refractivity contribution in [2.45, 2.75) is 6.92 Å². The lowest BCUT2D eigenvalue weighted by molar-refractivity contribution is -0.112. The first-order valence-electron chi connectivity index (χ1n) is 9.56. The molecule has 1 amide bonds. The van der Waals surface area contributed by atoms with E-state index in [4.69, 9.17) is 21.1 Å². The number of carbonyl (C=O) groups excluding carboxylic acids is 2. The van der Waals surface area contributed by atoms with Gasteiger partial charge >= 0.3 is 5.97 Å². The van der Waals surface area contributed by atoms with Gasteiger partial charge in [0.2, 0.25) is 0 Å². The average molecular weight is 452 g/mol. The number of ether oxygens (including phenoxy) is 2. The van der Waals surface area contributed by atoms with Crippen molar-refractivity contribution in [2.75, 3.05) is 11.9 Å². The van der Waals surface area contributed by atoms with E-state index in [1.807, 2.05) is 41.8 Å². The summed E-state index contributed by atoms with van der Waals surface area (Å²) in [5.41, 5.74) is 2.99. The van der Waals surface area contributed by atoms with E-state index in [2.05, 4.69) is 5.32 Å². The van der Waals surface area contributed by atoms with Gasteiger partial charge in [-0.05, 0) is 42.8 Å². The van der Waals surface area contributed by atoms with Gasteiger partial charge in [-0.3, -0.25) is 4.79 Å². The summed E-state index contributed by atoms with van der Waals surface area (Å²) < 4.78 is 10.8. The minimum atomic E-state index is -0.497. The Hall–Kier alpha value is -3.35. The number of carbonyl (C=O) groups is 2. The molecule has 4 rings (SSSR count). The fraction of sp³-hybridized carbons (Fsp3) is 0.0833. The second kappa shape index (κ2) is 9.20. The summed E-state index contributed by atoms with van der Waals surface area (Å²) in [5, 5.41) is 5.69. The molecular weight excluding hydrogens is 434 g/mol. The number of fused-ring (bicyclic) bond motifs is 1. The number of halogens is 1. The van der Waals surface area contributed by atoms with E-state index in [0.717, 1.165) is 11.1 Å². The Kier molecular flexibility index (Phi) is 6.21. The number of esters is 1. The van der Waals surface area contributed by atoms with Gasteiger partial charge in [0, 0.05) is 27.1 Å². The molecule has 2 heterocycles. The molecule has 31 heavy (non-hydrogen) atoms. The highest BCUT2D eigenvalue weighted by molar-refractivity contribution is 7.15. The summed E-state index contributed by atoms with van der Waals surface area (Å²) >= 11 is 7.26. The molecule has 0 saturated heterocycles. The van der Waals surface area contributed by atoms with E-state index >= 15 is 0 Å². The molecular formula is C24H18ClNO4S. The van der Waals surface area contributed by atoms with Crippen molar-refractivity contribution in [1.29, 1.82) is 0 Å². The van der Waals surface area contributed by atoms with Crippen LogP contribution in [0.2, 0.25) is 5.02 Å². The predicted octanol–water partition coefficient (Wildman–Crippen LogP) is 6.17. The van der Waals surface area contributed by atoms with Gasteiger partial charge in [-0.2, -0.15) is 0 Å². The lowest BCUT2D eigenvalue weighted by Crippen LogP contribution is -2.15. The van der Waals surface area contributed by atoms with Gasteiger partial charge in [-0.15, -0.1) is 11.3 Å². The van der Waals surface area contributed by atoms with Crippen LogP contribution in [0.25, 0.3) is 17.2 Å². The summed E-state index contributed by atoms with van der Waals surface area (Å²) in [6.07, 6.45) is 4.80. The molecule has 0 aliphatic carbocycles. The molecule has 5 nitrogen and oxygen atoms in total. The van der Waals surface area contributed by atoms with Crippen molar-refractivity contribution in [1.82, 2.24) is 0 Å². The number of para-hydroxylation sites is 1. The van der Waals surface area contributed by atoms with Gasteiger partial charge in [0.1, 0.15) is 16.3 Å². The zero-order valence-electron chi connectivity index (χ0n) is 16.6. The van der Waals surface area contributed by atoms with E-state index in [9.17, 15) is 9.59 Å². The fourth-order valence-electron chi connectivity index (χ4n) is 3.12. The Morgan fingerprint density at radius 2 is 1.90 bits per heavy atom. The summed E-state index contributed by atoms with van der Waals surface area (Å²) in [4.78, 5) is 25.7. The number of benzene rings is 2. The van der Waals surface area contributed by atoms with Crippen molar-refractivity contribution in [3.63, 3.8) is 0 Å². The third kappa shape index (κ3) is 4.55. The van der Waals surface area contributed by atoms with Gasteiger partial charge in [-0.1, -0.05) is 41.9 Å². The molecule has 0 spiro atoms. The van der Waals surface area contributed by atoms with E-state index in [1.54, 1.807) is 31.2 Å². The van der Waals surface area contributed by atoms with Crippen LogP contribution in [0.5, 0.6) is 5.75 Å². The molecule has 0 saturated carbocycles. The van der Waals surface area contributed by atoms with Crippen LogP contribution in [0.4, 0.5) is 5.00 Å². The highest BCUT2D eigenvalue weighted by Gasteiger charge is 2.23. The number of anilines is 1. The van der Waals surface area contributed by atoms with Crippen LogP contribution in [0.1, 0.15) is 22.8 Å². The Labute approximate surface area is 188 Å². The molecule has 1 aromatic heterocycles. The van der Waals surface area contributed by atoms with Crippen molar-refractivity contribution >= 4 is 45.9 Å².